The molecular formula is C9H15N3OS. The first-order valence-electron chi connectivity index (χ1n) is 4.98. The van der Waals surface area contributed by atoms with Crippen LogP contribution >= 0.6 is 11.3 Å². The van der Waals surface area contributed by atoms with Crippen molar-refractivity contribution >= 4 is 11.3 Å². The smallest absolute Gasteiger partial charge is 0.146 e. The minimum absolute atomic E-state index is 0.201. The molecule has 1 unspecified atom stereocenters. The Kier molecular flexibility index (Phi) is 3.44. The number of aromatic nitrogens is 2. The molecule has 0 bridgehead atoms. The minimum Gasteiger partial charge on any atom is -0.371 e. The van der Waals surface area contributed by atoms with Gasteiger partial charge in [-0.05, 0) is 26.3 Å². The molecule has 1 fully saturated rings. The van der Waals surface area contributed by atoms with Crippen LogP contribution in [0.4, 0.5) is 0 Å². The summed E-state index contributed by atoms with van der Waals surface area (Å²) < 4.78 is 5.64. The van der Waals surface area contributed by atoms with E-state index < -0.39 is 0 Å². The van der Waals surface area contributed by atoms with Crippen molar-refractivity contribution in [3.8, 4) is 0 Å². The maximum absolute atomic E-state index is 5.64. The first-order chi connectivity index (χ1) is 6.90. The molecule has 0 spiro atoms. The van der Waals surface area contributed by atoms with Crippen molar-refractivity contribution in [1.82, 2.24) is 15.5 Å². The zero-order chi connectivity index (χ0) is 9.80. The molecule has 0 saturated carbocycles. The third-order valence-electron chi connectivity index (χ3n) is 2.27. The monoisotopic (exact) mass is 213 g/mol. The topological polar surface area (TPSA) is 47.0 Å². The van der Waals surface area contributed by atoms with Crippen LogP contribution in [0.25, 0.3) is 0 Å². The van der Waals surface area contributed by atoms with Crippen LogP contribution in [0, 0.1) is 0 Å². The van der Waals surface area contributed by atoms with Gasteiger partial charge in [0.05, 0.1) is 0 Å². The summed E-state index contributed by atoms with van der Waals surface area (Å²) in [6, 6.07) is 0. The average Bonchev–Trinajstić information content (AvgIpc) is 2.68. The van der Waals surface area contributed by atoms with Crippen LogP contribution in [-0.4, -0.2) is 23.9 Å². The van der Waals surface area contributed by atoms with Crippen LogP contribution in [0.1, 0.15) is 35.4 Å². The summed E-state index contributed by atoms with van der Waals surface area (Å²) in [6.45, 7) is 1.66. The Bertz CT molecular complexity index is 283. The summed E-state index contributed by atoms with van der Waals surface area (Å²) in [5, 5.41) is 13.4. The largest absolute Gasteiger partial charge is 0.371 e. The molecule has 5 heteroatoms. The Morgan fingerprint density at radius 1 is 1.50 bits per heavy atom. The lowest BCUT2D eigenvalue weighted by molar-refractivity contribution is 0.0144. The quantitative estimate of drug-likeness (QED) is 0.826. The summed E-state index contributed by atoms with van der Waals surface area (Å²) in [6.07, 6.45) is 3.71. The third kappa shape index (κ3) is 2.29. The van der Waals surface area contributed by atoms with Crippen LogP contribution in [0.3, 0.4) is 0 Å². The van der Waals surface area contributed by atoms with Gasteiger partial charge in [0, 0.05) is 13.2 Å². The lowest BCUT2D eigenvalue weighted by Gasteiger charge is -2.19. The number of nitrogens with one attached hydrogen (secondary N) is 1. The van der Waals surface area contributed by atoms with Crippen molar-refractivity contribution in [2.24, 2.45) is 0 Å². The van der Waals surface area contributed by atoms with Gasteiger partial charge in [-0.1, -0.05) is 11.3 Å². The second-order valence-electron chi connectivity index (χ2n) is 3.42. The molecule has 1 atom stereocenters. The van der Waals surface area contributed by atoms with E-state index in [0.717, 1.165) is 29.6 Å². The summed E-state index contributed by atoms with van der Waals surface area (Å²) in [5.41, 5.74) is 0. The first-order valence-corrected chi connectivity index (χ1v) is 5.80. The molecule has 1 aromatic rings. The van der Waals surface area contributed by atoms with Gasteiger partial charge in [0.15, 0.2) is 0 Å². The number of nitrogens with zero attached hydrogens (tertiary/aromatic N) is 2. The predicted molar refractivity (Wildman–Crippen MR) is 55.2 cm³/mol. The van der Waals surface area contributed by atoms with E-state index in [4.69, 9.17) is 4.74 Å². The first kappa shape index (κ1) is 10.0. The molecule has 14 heavy (non-hydrogen) atoms. The second-order valence-corrected chi connectivity index (χ2v) is 4.51. The van der Waals surface area contributed by atoms with Gasteiger partial charge in [-0.2, -0.15) is 0 Å². The maximum atomic E-state index is 5.64. The molecule has 0 aliphatic carbocycles. The molecular weight excluding hydrogens is 198 g/mol. The lowest BCUT2D eigenvalue weighted by Crippen LogP contribution is -2.11. The van der Waals surface area contributed by atoms with Crippen molar-refractivity contribution in [3.63, 3.8) is 0 Å². The van der Waals surface area contributed by atoms with Crippen molar-refractivity contribution in [3.05, 3.63) is 10.0 Å². The Hall–Kier alpha value is -0.520. The summed E-state index contributed by atoms with van der Waals surface area (Å²) >= 11 is 1.65. The Morgan fingerprint density at radius 2 is 2.43 bits per heavy atom. The van der Waals surface area contributed by atoms with E-state index in [1.54, 1.807) is 11.3 Å². The number of rotatable bonds is 3. The van der Waals surface area contributed by atoms with E-state index in [-0.39, 0.29) is 6.10 Å². The van der Waals surface area contributed by atoms with Crippen LogP contribution in [0.2, 0.25) is 0 Å². The molecule has 2 heterocycles. The average molecular weight is 213 g/mol. The fraction of sp³-hybridized carbons (Fsp3) is 0.778. The molecule has 1 aliphatic heterocycles. The standard InChI is InChI=1S/C9H15N3OS/c1-10-6-8-11-12-9(14-8)7-4-2-3-5-13-7/h7,10H,2-6H2,1H3. The zero-order valence-corrected chi connectivity index (χ0v) is 9.14. The molecule has 1 aromatic heterocycles. The highest BCUT2D eigenvalue weighted by molar-refractivity contribution is 7.11. The fourth-order valence-electron chi connectivity index (χ4n) is 1.55. The highest BCUT2D eigenvalue weighted by Gasteiger charge is 2.19. The van der Waals surface area contributed by atoms with Gasteiger partial charge in [-0.25, -0.2) is 0 Å². The Labute approximate surface area is 87.7 Å². The Balaban J connectivity index is 2.00. The molecule has 1 aliphatic rings. The second kappa shape index (κ2) is 4.82. The van der Waals surface area contributed by atoms with E-state index >= 15 is 0 Å². The van der Waals surface area contributed by atoms with Crippen LogP contribution in [-0.2, 0) is 11.3 Å². The van der Waals surface area contributed by atoms with Gasteiger partial charge in [0.25, 0.3) is 0 Å². The highest BCUT2D eigenvalue weighted by Crippen LogP contribution is 2.29. The third-order valence-corrected chi connectivity index (χ3v) is 3.28. The minimum atomic E-state index is 0.201. The summed E-state index contributed by atoms with van der Waals surface area (Å²) in [7, 11) is 1.91. The normalized spacial score (nSPS) is 22.5. The molecule has 0 aromatic carbocycles. The van der Waals surface area contributed by atoms with Gasteiger partial charge in [-0.15, -0.1) is 10.2 Å². The van der Waals surface area contributed by atoms with E-state index in [9.17, 15) is 0 Å². The summed E-state index contributed by atoms with van der Waals surface area (Å²) in [5.74, 6) is 0. The summed E-state index contributed by atoms with van der Waals surface area (Å²) in [4.78, 5) is 0. The van der Waals surface area contributed by atoms with Gasteiger partial charge < -0.3 is 10.1 Å². The van der Waals surface area contributed by atoms with Gasteiger partial charge in [-0.3, -0.25) is 0 Å². The van der Waals surface area contributed by atoms with Gasteiger partial charge in [0.2, 0.25) is 0 Å². The molecule has 1 saturated heterocycles. The predicted octanol–water partition coefficient (Wildman–Crippen LogP) is 1.50. The van der Waals surface area contributed by atoms with Gasteiger partial charge >= 0.3 is 0 Å². The maximum Gasteiger partial charge on any atom is 0.146 e. The van der Waals surface area contributed by atoms with Crippen molar-refractivity contribution in [2.75, 3.05) is 13.7 Å². The van der Waals surface area contributed by atoms with Crippen LogP contribution < -0.4 is 5.32 Å². The van der Waals surface area contributed by atoms with Crippen molar-refractivity contribution < 1.29 is 4.74 Å². The number of hydrogen-bond acceptors (Lipinski definition) is 5. The lowest BCUT2D eigenvalue weighted by atomic mass is 10.1. The molecule has 4 nitrogen and oxygen atoms in total. The molecule has 0 amide bonds. The number of ether oxygens (including phenoxy) is 1. The molecule has 1 N–H and O–H groups in total. The zero-order valence-electron chi connectivity index (χ0n) is 8.32. The molecule has 0 radical (unpaired) electrons. The van der Waals surface area contributed by atoms with Crippen molar-refractivity contribution in [1.29, 1.82) is 0 Å². The van der Waals surface area contributed by atoms with Crippen LogP contribution in [0.5, 0.6) is 0 Å². The van der Waals surface area contributed by atoms with E-state index in [0.29, 0.717) is 0 Å². The van der Waals surface area contributed by atoms with E-state index in [1.807, 2.05) is 7.05 Å². The highest BCUT2D eigenvalue weighted by atomic mass is 32.1. The van der Waals surface area contributed by atoms with E-state index in [1.165, 1.54) is 12.8 Å². The van der Waals surface area contributed by atoms with Crippen LogP contribution in [0.15, 0.2) is 0 Å². The molecule has 78 valence electrons. The Morgan fingerprint density at radius 3 is 3.14 bits per heavy atom. The van der Waals surface area contributed by atoms with E-state index in [2.05, 4.69) is 15.5 Å². The van der Waals surface area contributed by atoms with Gasteiger partial charge in [0.1, 0.15) is 16.1 Å². The van der Waals surface area contributed by atoms with Crippen molar-refractivity contribution in [2.45, 2.75) is 31.9 Å². The fourth-order valence-corrected chi connectivity index (χ4v) is 2.49. The molecule has 2 rings (SSSR count). The SMILES string of the molecule is CNCc1nnc(C2CCCCO2)s1. The number of hydrogen-bond donors (Lipinski definition) is 1.